The van der Waals surface area contributed by atoms with E-state index in [-0.39, 0.29) is 28.7 Å². The van der Waals surface area contributed by atoms with Gasteiger partial charge >= 0.3 is 0 Å². The Labute approximate surface area is 155 Å². The van der Waals surface area contributed by atoms with E-state index >= 15 is 0 Å². The van der Waals surface area contributed by atoms with E-state index in [0.717, 1.165) is 6.42 Å². The number of amides is 1. The quantitative estimate of drug-likeness (QED) is 0.577. The number of nitro groups is 1. The summed E-state index contributed by atoms with van der Waals surface area (Å²) in [5, 5.41) is 17.5. The SMILES string of the molecule is Cc1cc([N+](=O)[O-])ccc1S(=O)(=O)N1CCC[C@@H](c2cc(C(N)=O)n[nH]2)C1. The number of nitro benzene ring substituents is 1. The second-order valence-electron chi connectivity index (χ2n) is 6.48. The average Bonchev–Trinajstić information content (AvgIpc) is 3.12. The summed E-state index contributed by atoms with van der Waals surface area (Å²) in [5.74, 6) is -0.799. The highest BCUT2D eigenvalue weighted by molar-refractivity contribution is 7.89. The van der Waals surface area contributed by atoms with Gasteiger partial charge < -0.3 is 5.73 Å². The molecule has 2 aromatic rings. The minimum absolute atomic E-state index is 0.0520. The van der Waals surface area contributed by atoms with Crippen molar-refractivity contribution in [1.82, 2.24) is 14.5 Å². The first kappa shape index (κ1) is 19.0. The fraction of sp³-hybridized carbons (Fsp3) is 0.375. The average molecular weight is 393 g/mol. The molecule has 1 aromatic heterocycles. The number of aromatic nitrogens is 2. The van der Waals surface area contributed by atoms with E-state index in [1.54, 1.807) is 6.07 Å². The Morgan fingerprint density at radius 3 is 2.74 bits per heavy atom. The zero-order valence-electron chi connectivity index (χ0n) is 14.6. The van der Waals surface area contributed by atoms with Crippen molar-refractivity contribution in [2.24, 2.45) is 5.73 Å². The number of carbonyl (C=O) groups is 1. The van der Waals surface area contributed by atoms with Crippen molar-refractivity contribution in [3.63, 3.8) is 0 Å². The Hall–Kier alpha value is -2.79. The van der Waals surface area contributed by atoms with Crippen LogP contribution in [0.4, 0.5) is 5.69 Å². The van der Waals surface area contributed by atoms with Crippen molar-refractivity contribution in [1.29, 1.82) is 0 Å². The molecule has 0 saturated carbocycles. The predicted octanol–water partition coefficient (Wildman–Crippen LogP) is 1.29. The van der Waals surface area contributed by atoms with Gasteiger partial charge in [-0.2, -0.15) is 9.40 Å². The zero-order chi connectivity index (χ0) is 19.8. The first-order chi connectivity index (χ1) is 12.7. The molecule has 0 unspecified atom stereocenters. The van der Waals surface area contributed by atoms with E-state index in [1.807, 2.05) is 0 Å². The van der Waals surface area contributed by atoms with Gasteiger partial charge in [-0.05, 0) is 37.5 Å². The molecule has 0 radical (unpaired) electrons. The molecule has 0 aliphatic carbocycles. The molecule has 1 amide bonds. The van der Waals surface area contributed by atoms with Crippen molar-refractivity contribution in [3.8, 4) is 0 Å². The summed E-state index contributed by atoms with van der Waals surface area (Å²) in [5.41, 5.74) is 6.14. The third-order valence-corrected chi connectivity index (χ3v) is 6.69. The van der Waals surface area contributed by atoms with Crippen LogP contribution < -0.4 is 5.73 Å². The largest absolute Gasteiger partial charge is 0.364 e. The summed E-state index contributed by atoms with van der Waals surface area (Å²) in [6.07, 6.45) is 1.38. The van der Waals surface area contributed by atoms with Gasteiger partial charge in [-0.15, -0.1) is 0 Å². The third-order valence-electron chi connectivity index (χ3n) is 4.66. The Bertz CT molecular complexity index is 1000. The first-order valence-electron chi connectivity index (χ1n) is 8.30. The number of H-pyrrole nitrogens is 1. The van der Waals surface area contributed by atoms with Gasteiger partial charge in [0.05, 0.1) is 9.82 Å². The second kappa shape index (κ2) is 7.08. The highest BCUT2D eigenvalue weighted by Gasteiger charge is 2.33. The molecule has 2 heterocycles. The van der Waals surface area contributed by atoms with Gasteiger partial charge in [0, 0.05) is 36.8 Å². The lowest BCUT2D eigenvalue weighted by Crippen LogP contribution is -2.39. The van der Waals surface area contributed by atoms with Crippen LogP contribution in [0.3, 0.4) is 0 Å². The minimum Gasteiger partial charge on any atom is -0.364 e. The number of aromatic amines is 1. The lowest BCUT2D eigenvalue weighted by molar-refractivity contribution is -0.385. The molecule has 0 spiro atoms. The summed E-state index contributed by atoms with van der Waals surface area (Å²) < 4.78 is 27.4. The van der Waals surface area contributed by atoms with Crippen molar-refractivity contribution < 1.29 is 18.1 Å². The number of benzene rings is 1. The van der Waals surface area contributed by atoms with Gasteiger partial charge in [-0.3, -0.25) is 20.0 Å². The van der Waals surface area contributed by atoms with Crippen molar-refractivity contribution in [2.75, 3.05) is 13.1 Å². The molecule has 3 rings (SSSR count). The Kier molecular flexibility index (Phi) is 4.98. The molecule has 1 aromatic carbocycles. The second-order valence-corrected chi connectivity index (χ2v) is 8.39. The maximum atomic E-state index is 13.0. The number of aryl methyl sites for hydroxylation is 1. The van der Waals surface area contributed by atoms with Gasteiger partial charge in [0.2, 0.25) is 10.0 Å². The van der Waals surface area contributed by atoms with Crippen LogP contribution in [0.5, 0.6) is 0 Å². The minimum atomic E-state index is -3.80. The lowest BCUT2D eigenvalue weighted by Gasteiger charge is -2.31. The summed E-state index contributed by atoms with van der Waals surface area (Å²) in [6, 6.07) is 5.26. The smallest absolute Gasteiger partial charge is 0.269 e. The Morgan fingerprint density at radius 2 is 2.15 bits per heavy atom. The predicted molar refractivity (Wildman–Crippen MR) is 95.7 cm³/mol. The van der Waals surface area contributed by atoms with Gasteiger partial charge in [-0.1, -0.05) is 0 Å². The monoisotopic (exact) mass is 393 g/mol. The fourth-order valence-electron chi connectivity index (χ4n) is 3.26. The summed E-state index contributed by atoms with van der Waals surface area (Å²) >= 11 is 0. The normalized spacial score (nSPS) is 18.3. The standard InChI is InChI=1S/C16H19N5O5S/c1-10-7-12(21(23)24)4-5-15(10)27(25,26)20-6-2-3-11(9-20)13-8-14(16(17)22)19-18-13/h4-5,7-8,11H,2-3,6,9H2,1H3,(H2,17,22)(H,18,19)/t11-/m1/s1. The van der Waals surface area contributed by atoms with Crippen molar-refractivity contribution >= 4 is 21.6 Å². The van der Waals surface area contributed by atoms with Gasteiger partial charge in [0.15, 0.2) is 0 Å². The highest BCUT2D eigenvalue weighted by Crippen LogP contribution is 2.31. The molecule has 1 atom stereocenters. The number of piperidine rings is 1. The molecule has 1 aliphatic rings. The number of primary amides is 1. The van der Waals surface area contributed by atoms with E-state index in [0.29, 0.717) is 24.2 Å². The Morgan fingerprint density at radius 1 is 1.41 bits per heavy atom. The highest BCUT2D eigenvalue weighted by atomic mass is 32.2. The van der Waals surface area contributed by atoms with Crippen LogP contribution in [0.15, 0.2) is 29.2 Å². The molecule has 1 fully saturated rings. The molecule has 0 bridgehead atoms. The van der Waals surface area contributed by atoms with Crippen molar-refractivity contribution in [2.45, 2.75) is 30.6 Å². The lowest BCUT2D eigenvalue weighted by atomic mass is 9.96. The van der Waals surface area contributed by atoms with Crippen LogP contribution in [0, 0.1) is 17.0 Å². The number of hydrogen-bond acceptors (Lipinski definition) is 6. The van der Waals surface area contributed by atoms with Crippen LogP contribution in [-0.2, 0) is 10.0 Å². The third kappa shape index (κ3) is 3.69. The number of nitrogens with zero attached hydrogens (tertiary/aromatic N) is 3. The van der Waals surface area contributed by atoms with E-state index < -0.39 is 20.9 Å². The number of hydrogen-bond donors (Lipinski definition) is 2. The van der Waals surface area contributed by atoms with Crippen LogP contribution in [0.2, 0.25) is 0 Å². The molecule has 144 valence electrons. The summed E-state index contributed by atoms with van der Waals surface area (Å²) in [7, 11) is -3.80. The van der Waals surface area contributed by atoms with Gasteiger partial charge in [0.25, 0.3) is 11.6 Å². The summed E-state index contributed by atoms with van der Waals surface area (Å²) in [6.45, 7) is 2.11. The molecule has 1 aliphatic heterocycles. The molecule has 27 heavy (non-hydrogen) atoms. The number of nitrogens with two attached hydrogens (primary N) is 1. The van der Waals surface area contributed by atoms with E-state index in [2.05, 4.69) is 10.2 Å². The maximum Gasteiger partial charge on any atom is 0.269 e. The topological polar surface area (TPSA) is 152 Å². The molecule has 10 nitrogen and oxygen atoms in total. The fourth-order valence-corrected chi connectivity index (χ4v) is 4.99. The summed E-state index contributed by atoms with van der Waals surface area (Å²) in [4.78, 5) is 21.6. The number of nitrogens with one attached hydrogen (secondary N) is 1. The number of non-ortho nitro benzene ring substituents is 1. The maximum absolute atomic E-state index is 13.0. The zero-order valence-corrected chi connectivity index (χ0v) is 15.4. The molecule has 3 N–H and O–H groups in total. The van der Waals surface area contributed by atoms with Crippen LogP contribution in [0.25, 0.3) is 0 Å². The number of rotatable bonds is 5. The number of sulfonamides is 1. The van der Waals surface area contributed by atoms with Crippen LogP contribution in [0.1, 0.15) is 40.5 Å². The molecule has 1 saturated heterocycles. The van der Waals surface area contributed by atoms with Gasteiger partial charge in [0.1, 0.15) is 5.69 Å². The van der Waals surface area contributed by atoms with Gasteiger partial charge in [-0.25, -0.2) is 8.42 Å². The van der Waals surface area contributed by atoms with E-state index in [1.165, 1.54) is 29.4 Å². The van der Waals surface area contributed by atoms with Crippen LogP contribution >= 0.6 is 0 Å². The Balaban J connectivity index is 1.86. The van der Waals surface area contributed by atoms with Crippen LogP contribution in [-0.4, -0.2) is 46.8 Å². The molecular formula is C16H19N5O5S. The van der Waals surface area contributed by atoms with Crippen molar-refractivity contribution in [3.05, 3.63) is 51.3 Å². The van der Waals surface area contributed by atoms with E-state index in [9.17, 15) is 23.3 Å². The van der Waals surface area contributed by atoms with E-state index in [4.69, 9.17) is 5.73 Å². The molecule has 11 heteroatoms. The first-order valence-corrected chi connectivity index (χ1v) is 9.74. The number of carbonyl (C=O) groups excluding carboxylic acids is 1. The molecular weight excluding hydrogens is 374 g/mol.